The molecule has 0 unspecified atom stereocenters. The van der Waals surface area contributed by atoms with Gasteiger partial charge in [0.2, 0.25) is 11.8 Å². The van der Waals surface area contributed by atoms with Gasteiger partial charge in [-0.05, 0) is 7.05 Å². The zero-order chi connectivity index (χ0) is 15.9. The Bertz CT molecular complexity index is 371. The first kappa shape index (κ1) is 18.2. The van der Waals surface area contributed by atoms with E-state index in [1.807, 2.05) is 0 Å². The van der Waals surface area contributed by atoms with Crippen molar-refractivity contribution in [3.05, 3.63) is 0 Å². The smallest absolute Gasteiger partial charge is 0.348 e. The summed E-state index contributed by atoms with van der Waals surface area (Å²) in [4.78, 5) is 36.3. The SMILES string of the molecule is CN(CC(=O)NC(=O)NCC(F)(F)F)CC(=O)N(C)C. The predicted molar refractivity (Wildman–Crippen MR) is 63.8 cm³/mol. The van der Waals surface area contributed by atoms with Gasteiger partial charge in [0.15, 0.2) is 0 Å². The van der Waals surface area contributed by atoms with E-state index >= 15 is 0 Å². The minimum absolute atomic E-state index is 0.0510. The normalized spacial score (nSPS) is 11.2. The summed E-state index contributed by atoms with van der Waals surface area (Å²) >= 11 is 0. The number of imide groups is 1. The van der Waals surface area contributed by atoms with Gasteiger partial charge in [-0.15, -0.1) is 0 Å². The van der Waals surface area contributed by atoms with Gasteiger partial charge in [0.1, 0.15) is 6.54 Å². The number of hydrogen-bond donors (Lipinski definition) is 2. The molecule has 2 N–H and O–H groups in total. The van der Waals surface area contributed by atoms with Crippen molar-refractivity contribution in [3.63, 3.8) is 0 Å². The second-order valence-electron chi connectivity index (χ2n) is 4.31. The Hall–Kier alpha value is -1.84. The lowest BCUT2D eigenvalue weighted by Gasteiger charge is -2.18. The number of rotatable bonds is 5. The predicted octanol–water partition coefficient (Wildman–Crippen LogP) is -0.605. The van der Waals surface area contributed by atoms with Crippen LogP contribution in [0.4, 0.5) is 18.0 Å². The van der Waals surface area contributed by atoms with Crippen LogP contribution >= 0.6 is 0 Å². The fraction of sp³-hybridized carbons (Fsp3) is 0.700. The molecule has 20 heavy (non-hydrogen) atoms. The van der Waals surface area contributed by atoms with E-state index in [0.29, 0.717) is 0 Å². The third-order valence-corrected chi connectivity index (χ3v) is 2.02. The van der Waals surface area contributed by atoms with E-state index in [-0.39, 0.29) is 19.0 Å². The molecule has 7 nitrogen and oxygen atoms in total. The van der Waals surface area contributed by atoms with Crippen molar-refractivity contribution in [2.45, 2.75) is 6.18 Å². The summed E-state index contributed by atoms with van der Waals surface area (Å²) in [6.07, 6.45) is -4.55. The molecular weight excluding hydrogens is 281 g/mol. The fourth-order valence-electron chi connectivity index (χ4n) is 1.06. The maximum atomic E-state index is 11.8. The van der Waals surface area contributed by atoms with E-state index in [1.165, 1.54) is 22.2 Å². The van der Waals surface area contributed by atoms with Crippen molar-refractivity contribution in [2.75, 3.05) is 40.8 Å². The first-order chi connectivity index (χ1) is 9.01. The first-order valence-corrected chi connectivity index (χ1v) is 5.54. The van der Waals surface area contributed by atoms with Crippen LogP contribution in [-0.2, 0) is 9.59 Å². The topological polar surface area (TPSA) is 81.8 Å². The summed E-state index contributed by atoms with van der Waals surface area (Å²) in [5, 5.41) is 3.23. The molecule has 0 fully saturated rings. The summed E-state index contributed by atoms with van der Waals surface area (Å²) in [6, 6.07) is -1.24. The molecule has 0 aliphatic rings. The number of nitrogens with zero attached hydrogens (tertiary/aromatic N) is 2. The van der Waals surface area contributed by atoms with Crippen molar-refractivity contribution in [2.24, 2.45) is 0 Å². The summed E-state index contributed by atoms with van der Waals surface area (Å²) < 4.78 is 35.4. The molecule has 0 aliphatic carbocycles. The number of urea groups is 1. The maximum absolute atomic E-state index is 11.8. The first-order valence-electron chi connectivity index (χ1n) is 5.54. The zero-order valence-electron chi connectivity index (χ0n) is 11.4. The van der Waals surface area contributed by atoms with E-state index in [1.54, 1.807) is 19.4 Å². The molecule has 0 bridgehead atoms. The largest absolute Gasteiger partial charge is 0.405 e. The third-order valence-electron chi connectivity index (χ3n) is 2.02. The van der Waals surface area contributed by atoms with Crippen molar-refractivity contribution >= 4 is 17.8 Å². The molecule has 0 saturated heterocycles. The van der Waals surface area contributed by atoms with Gasteiger partial charge in [0, 0.05) is 14.1 Å². The molecule has 0 aromatic carbocycles. The molecule has 0 saturated carbocycles. The van der Waals surface area contributed by atoms with Gasteiger partial charge in [0.25, 0.3) is 0 Å². The lowest BCUT2D eigenvalue weighted by molar-refractivity contribution is -0.130. The Balaban J connectivity index is 4.04. The van der Waals surface area contributed by atoms with Gasteiger partial charge in [-0.2, -0.15) is 13.2 Å². The number of amides is 4. The number of carbonyl (C=O) groups excluding carboxylic acids is 3. The minimum Gasteiger partial charge on any atom is -0.348 e. The van der Waals surface area contributed by atoms with Crippen LogP contribution in [0.15, 0.2) is 0 Å². The van der Waals surface area contributed by atoms with Gasteiger partial charge in [-0.25, -0.2) is 4.79 Å². The van der Waals surface area contributed by atoms with Crippen LogP contribution in [0.25, 0.3) is 0 Å². The van der Waals surface area contributed by atoms with Crippen LogP contribution in [0.1, 0.15) is 0 Å². The highest BCUT2D eigenvalue weighted by atomic mass is 19.4. The van der Waals surface area contributed by atoms with Crippen LogP contribution in [0.2, 0.25) is 0 Å². The Morgan fingerprint density at radius 2 is 1.60 bits per heavy atom. The lowest BCUT2D eigenvalue weighted by Crippen LogP contribution is -2.47. The summed E-state index contributed by atoms with van der Waals surface area (Å²) in [5.74, 6) is -1.06. The van der Waals surface area contributed by atoms with Crippen LogP contribution in [0.3, 0.4) is 0 Å². The Kier molecular flexibility index (Phi) is 6.97. The third kappa shape index (κ3) is 9.14. The lowest BCUT2D eigenvalue weighted by atomic mass is 10.4. The highest BCUT2D eigenvalue weighted by Crippen LogP contribution is 2.11. The Morgan fingerprint density at radius 1 is 1.05 bits per heavy atom. The molecule has 0 spiro atoms. The van der Waals surface area contributed by atoms with Crippen LogP contribution in [0, 0.1) is 0 Å². The number of likely N-dealkylation sites (N-methyl/N-ethyl adjacent to an activating group) is 2. The fourth-order valence-corrected chi connectivity index (χ4v) is 1.06. The maximum Gasteiger partial charge on any atom is 0.405 e. The van der Waals surface area contributed by atoms with Gasteiger partial charge in [0.05, 0.1) is 13.1 Å². The highest BCUT2D eigenvalue weighted by molar-refractivity contribution is 5.95. The van der Waals surface area contributed by atoms with E-state index in [2.05, 4.69) is 0 Å². The van der Waals surface area contributed by atoms with Gasteiger partial charge in [-0.1, -0.05) is 0 Å². The number of alkyl halides is 3. The summed E-state index contributed by atoms with van der Waals surface area (Å²) in [6.45, 7) is -1.87. The Morgan fingerprint density at radius 3 is 2.05 bits per heavy atom. The van der Waals surface area contributed by atoms with Crippen LogP contribution in [-0.4, -0.2) is 74.6 Å². The summed E-state index contributed by atoms with van der Waals surface area (Å²) in [7, 11) is 4.55. The standard InChI is InChI=1S/C10H17F3N4O3/c1-16(2)8(19)5-17(3)4-7(18)15-9(20)14-6-10(11,12)13/h4-6H2,1-3H3,(H2,14,15,18,20). The van der Waals surface area contributed by atoms with E-state index in [9.17, 15) is 27.6 Å². The molecule has 116 valence electrons. The summed E-state index contributed by atoms with van der Waals surface area (Å²) in [5.41, 5.74) is 0. The van der Waals surface area contributed by atoms with Gasteiger partial charge >= 0.3 is 12.2 Å². The van der Waals surface area contributed by atoms with E-state index in [0.717, 1.165) is 0 Å². The monoisotopic (exact) mass is 298 g/mol. The molecule has 0 heterocycles. The second kappa shape index (κ2) is 7.68. The second-order valence-corrected chi connectivity index (χ2v) is 4.31. The molecule has 10 heteroatoms. The number of nitrogens with one attached hydrogen (secondary N) is 2. The van der Waals surface area contributed by atoms with Crippen molar-refractivity contribution in [1.82, 2.24) is 20.4 Å². The van der Waals surface area contributed by atoms with E-state index < -0.39 is 24.7 Å². The van der Waals surface area contributed by atoms with Crippen LogP contribution in [0.5, 0.6) is 0 Å². The quantitative estimate of drug-likeness (QED) is 0.710. The van der Waals surface area contributed by atoms with Crippen molar-refractivity contribution < 1.29 is 27.6 Å². The minimum atomic E-state index is -4.55. The average Bonchev–Trinajstić information content (AvgIpc) is 2.24. The number of carbonyl (C=O) groups is 3. The highest BCUT2D eigenvalue weighted by Gasteiger charge is 2.28. The number of halogens is 3. The molecular formula is C10H17F3N4O3. The molecule has 0 rings (SSSR count). The molecule has 0 aromatic rings. The molecule has 0 atom stereocenters. The van der Waals surface area contributed by atoms with Crippen molar-refractivity contribution in [3.8, 4) is 0 Å². The zero-order valence-corrected chi connectivity index (χ0v) is 11.4. The molecule has 0 aliphatic heterocycles. The molecule has 0 aromatic heterocycles. The average molecular weight is 298 g/mol. The molecule has 4 amide bonds. The number of hydrogen-bond acceptors (Lipinski definition) is 4. The molecule has 0 radical (unpaired) electrons. The van der Waals surface area contributed by atoms with Crippen LogP contribution < -0.4 is 10.6 Å². The Labute approximate surface area is 114 Å². The van der Waals surface area contributed by atoms with E-state index in [4.69, 9.17) is 0 Å². The van der Waals surface area contributed by atoms with Gasteiger partial charge < -0.3 is 10.2 Å². The van der Waals surface area contributed by atoms with Gasteiger partial charge in [-0.3, -0.25) is 19.8 Å². The van der Waals surface area contributed by atoms with Crippen molar-refractivity contribution in [1.29, 1.82) is 0 Å².